The lowest BCUT2D eigenvalue weighted by Gasteiger charge is -2.40. The van der Waals surface area contributed by atoms with Gasteiger partial charge in [-0.25, -0.2) is 0 Å². The fraction of sp³-hybridized carbons (Fsp3) is 0.462. The summed E-state index contributed by atoms with van der Waals surface area (Å²) in [6.45, 7) is 0.695. The van der Waals surface area contributed by atoms with Crippen molar-refractivity contribution < 1.29 is 5.11 Å². The normalized spacial score (nSPS) is 15.2. The molecule has 0 saturated heterocycles. The van der Waals surface area contributed by atoms with Crippen molar-refractivity contribution in [2.24, 2.45) is 5.73 Å². The van der Waals surface area contributed by atoms with Gasteiger partial charge in [0.1, 0.15) is 4.99 Å². The molecule has 98 valence electrons. The number of hydrogen-bond donors (Lipinski definition) is 2. The van der Waals surface area contributed by atoms with Crippen LogP contribution in [-0.4, -0.2) is 29.3 Å². The van der Waals surface area contributed by atoms with Gasteiger partial charge in [0.25, 0.3) is 0 Å². The lowest BCUT2D eigenvalue weighted by Crippen LogP contribution is -2.42. The van der Waals surface area contributed by atoms with E-state index in [2.05, 4.69) is 4.90 Å². The molecule has 0 atom stereocenters. The molecule has 1 aliphatic carbocycles. The van der Waals surface area contributed by atoms with Crippen LogP contribution in [0.15, 0.2) is 18.2 Å². The molecule has 1 saturated carbocycles. The van der Waals surface area contributed by atoms with E-state index < -0.39 is 0 Å². The van der Waals surface area contributed by atoms with Gasteiger partial charge in [-0.15, -0.1) is 0 Å². The van der Waals surface area contributed by atoms with Crippen LogP contribution in [0, 0.1) is 0 Å². The zero-order chi connectivity index (χ0) is 13.1. The number of aliphatic hydroxyl groups excluding tert-OH is 1. The summed E-state index contributed by atoms with van der Waals surface area (Å²) in [7, 11) is 0. The van der Waals surface area contributed by atoms with E-state index in [9.17, 15) is 5.11 Å². The van der Waals surface area contributed by atoms with E-state index in [-0.39, 0.29) is 6.61 Å². The van der Waals surface area contributed by atoms with Crippen LogP contribution < -0.4 is 10.6 Å². The monoisotopic (exact) mass is 284 g/mol. The second-order valence-corrected chi connectivity index (χ2v) is 5.35. The van der Waals surface area contributed by atoms with Crippen molar-refractivity contribution in [3.63, 3.8) is 0 Å². The molecule has 1 aromatic carbocycles. The molecule has 0 amide bonds. The van der Waals surface area contributed by atoms with Crippen molar-refractivity contribution >= 4 is 34.5 Å². The van der Waals surface area contributed by atoms with Gasteiger partial charge >= 0.3 is 0 Å². The number of halogens is 1. The molecule has 0 spiro atoms. The molecule has 2 rings (SSSR count). The second-order valence-electron chi connectivity index (χ2n) is 4.50. The Balaban J connectivity index is 2.39. The van der Waals surface area contributed by atoms with Crippen LogP contribution in [0.2, 0.25) is 5.02 Å². The smallest absolute Gasteiger partial charge is 0.107 e. The minimum Gasteiger partial charge on any atom is -0.395 e. The van der Waals surface area contributed by atoms with Gasteiger partial charge < -0.3 is 15.7 Å². The Morgan fingerprint density at radius 1 is 1.50 bits per heavy atom. The topological polar surface area (TPSA) is 49.5 Å². The minimum absolute atomic E-state index is 0.111. The lowest BCUT2D eigenvalue weighted by molar-refractivity contribution is 0.283. The summed E-state index contributed by atoms with van der Waals surface area (Å²) in [4.78, 5) is 2.47. The van der Waals surface area contributed by atoms with Gasteiger partial charge in [0, 0.05) is 18.3 Å². The second kappa shape index (κ2) is 5.87. The van der Waals surface area contributed by atoms with Crippen molar-refractivity contribution in [3.8, 4) is 0 Å². The Bertz CT molecular complexity index is 449. The van der Waals surface area contributed by atoms with Crippen molar-refractivity contribution in [1.29, 1.82) is 0 Å². The zero-order valence-corrected chi connectivity index (χ0v) is 11.7. The number of rotatable bonds is 5. The third kappa shape index (κ3) is 2.60. The molecule has 3 nitrogen and oxygen atoms in total. The van der Waals surface area contributed by atoms with E-state index in [1.807, 2.05) is 12.1 Å². The number of thiocarbonyl (C=S) groups is 1. The Kier molecular flexibility index (Phi) is 4.43. The van der Waals surface area contributed by atoms with Gasteiger partial charge in [-0.1, -0.05) is 29.9 Å². The number of nitrogens with two attached hydrogens (primary N) is 1. The fourth-order valence-electron chi connectivity index (χ4n) is 2.30. The molecule has 1 aromatic rings. The van der Waals surface area contributed by atoms with Crippen LogP contribution in [0.5, 0.6) is 0 Å². The maximum absolute atomic E-state index is 9.23. The van der Waals surface area contributed by atoms with Gasteiger partial charge in [0.15, 0.2) is 0 Å². The molecule has 0 aromatic heterocycles. The summed E-state index contributed by atoms with van der Waals surface area (Å²) in [5, 5.41) is 9.80. The summed E-state index contributed by atoms with van der Waals surface area (Å²) in [5.74, 6) is 0. The van der Waals surface area contributed by atoms with Gasteiger partial charge in [-0.2, -0.15) is 0 Å². The van der Waals surface area contributed by atoms with E-state index in [0.29, 0.717) is 22.6 Å². The molecule has 0 unspecified atom stereocenters. The van der Waals surface area contributed by atoms with Crippen LogP contribution >= 0.6 is 23.8 Å². The van der Waals surface area contributed by atoms with Gasteiger partial charge in [-0.05, 0) is 31.4 Å². The van der Waals surface area contributed by atoms with Crippen LogP contribution in [-0.2, 0) is 0 Å². The van der Waals surface area contributed by atoms with E-state index in [0.717, 1.165) is 24.1 Å². The van der Waals surface area contributed by atoms with Crippen molar-refractivity contribution in [2.45, 2.75) is 25.3 Å². The van der Waals surface area contributed by atoms with Crippen LogP contribution in [0.1, 0.15) is 24.8 Å². The predicted octanol–water partition coefficient (Wildman–Crippen LogP) is 2.33. The van der Waals surface area contributed by atoms with E-state index in [4.69, 9.17) is 29.6 Å². The van der Waals surface area contributed by atoms with Gasteiger partial charge in [0.05, 0.1) is 17.2 Å². The highest BCUT2D eigenvalue weighted by atomic mass is 35.5. The first-order valence-electron chi connectivity index (χ1n) is 6.11. The van der Waals surface area contributed by atoms with Crippen molar-refractivity contribution in [1.82, 2.24) is 0 Å². The summed E-state index contributed by atoms with van der Waals surface area (Å²) in [6, 6.07) is 6.11. The molecule has 0 radical (unpaired) electrons. The Labute approximate surface area is 118 Å². The van der Waals surface area contributed by atoms with E-state index >= 15 is 0 Å². The highest BCUT2D eigenvalue weighted by Gasteiger charge is 2.27. The van der Waals surface area contributed by atoms with Crippen molar-refractivity contribution in [2.75, 3.05) is 18.1 Å². The standard InChI is InChI=1S/C13H17ClN2OS/c14-10-5-2-6-11(12(10)13(15)18)16(7-8-17)9-3-1-4-9/h2,5-6,9,17H,1,3-4,7-8H2,(H2,15,18). The number of benzene rings is 1. The van der Waals surface area contributed by atoms with Crippen LogP contribution in [0.4, 0.5) is 5.69 Å². The minimum atomic E-state index is 0.111. The maximum atomic E-state index is 9.23. The van der Waals surface area contributed by atoms with Gasteiger partial charge in [0.2, 0.25) is 0 Å². The fourth-order valence-corrected chi connectivity index (χ4v) is 2.84. The van der Waals surface area contributed by atoms with Crippen LogP contribution in [0.25, 0.3) is 0 Å². The first-order chi connectivity index (χ1) is 8.65. The molecule has 0 aliphatic heterocycles. The molecule has 3 N–H and O–H groups in total. The average molecular weight is 285 g/mol. The molecule has 0 heterocycles. The first kappa shape index (κ1) is 13.6. The summed E-state index contributed by atoms with van der Waals surface area (Å²) in [6.07, 6.45) is 3.52. The number of anilines is 1. The largest absolute Gasteiger partial charge is 0.395 e. The number of nitrogens with zero attached hydrogens (tertiary/aromatic N) is 1. The van der Waals surface area contributed by atoms with Crippen molar-refractivity contribution in [3.05, 3.63) is 28.8 Å². The molecule has 18 heavy (non-hydrogen) atoms. The lowest BCUT2D eigenvalue weighted by atomic mass is 9.90. The molecule has 0 bridgehead atoms. The number of aliphatic hydroxyl groups is 1. The van der Waals surface area contributed by atoms with Crippen LogP contribution in [0.3, 0.4) is 0 Å². The Morgan fingerprint density at radius 2 is 2.22 bits per heavy atom. The predicted molar refractivity (Wildman–Crippen MR) is 79.4 cm³/mol. The molecule has 1 fully saturated rings. The SMILES string of the molecule is NC(=S)c1c(Cl)cccc1N(CCO)C1CCC1. The zero-order valence-electron chi connectivity index (χ0n) is 10.1. The maximum Gasteiger partial charge on any atom is 0.107 e. The van der Waals surface area contributed by atoms with E-state index in [1.54, 1.807) is 6.07 Å². The summed E-state index contributed by atoms with van der Waals surface area (Å²) < 4.78 is 0. The first-order valence-corrected chi connectivity index (χ1v) is 6.89. The molecule has 1 aliphatic rings. The average Bonchev–Trinajstić information content (AvgIpc) is 2.25. The third-order valence-corrected chi connectivity index (χ3v) is 3.92. The quantitative estimate of drug-likeness (QED) is 0.815. The molecule has 5 heteroatoms. The molecular formula is C13H17ClN2OS. The summed E-state index contributed by atoms with van der Waals surface area (Å²) in [5.41, 5.74) is 7.42. The highest BCUT2D eigenvalue weighted by Crippen LogP contribution is 2.34. The Hall–Kier alpha value is -0.840. The summed E-state index contributed by atoms with van der Waals surface area (Å²) >= 11 is 11.3. The third-order valence-electron chi connectivity index (χ3n) is 3.40. The number of hydrogen-bond acceptors (Lipinski definition) is 3. The highest BCUT2D eigenvalue weighted by molar-refractivity contribution is 7.80. The van der Waals surface area contributed by atoms with Gasteiger partial charge in [-0.3, -0.25) is 0 Å². The van der Waals surface area contributed by atoms with E-state index in [1.165, 1.54) is 6.42 Å². The molecular weight excluding hydrogens is 268 g/mol. The Morgan fingerprint density at radius 3 is 2.72 bits per heavy atom.